The Balaban J connectivity index is 1.24. The summed E-state index contributed by atoms with van der Waals surface area (Å²) in [5, 5.41) is 17.7. The molecule has 2 heterocycles. The van der Waals surface area contributed by atoms with Crippen molar-refractivity contribution in [3.8, 4) is 16.8 Å². The third-order valence-electron chi connectivity index (χ3n) is 11.1. The Labute approximate surface area is 286 Å². The molecule has 12 aromatic rings. The summed E-state index contributed by atoms with van der Waals surface area (Å²) in [6.07, 6.45) is 0. The fraction of sp³-hybridized carbons (Fsp3) is 0. The summed E-state index contributed by atoms with van der Waals surface area (Å²) in [4.78, 5) is 0. The molecule has 2 aromatic heterocycles. The summed E-state index contributed by atoms with van der Waals surface area (Å²) in [5.41, 5.74) is 7.70. The molecule has 0 bridgehead atoms. The second-order valence-corrected chi connectivity index (χ2v) is 13.6. The Bertz CT molecular complexity index is 3260. The number of benzene rings is 10. The van der Waals surface area contributed by atoms with Gasteiger partial charge in [0.25, 0.3) is 0 Å². The zero-order valence-electron chi connectivity index (χ0n) is 26.9. The number of rotatable bonds is 2. The van der Waals surface area contributed by atoms with Gasteiger partial charge < -0.3 is 8.98 Å². The van der Waals surface area contributed by atoms with Crippen LogP contribution in [0.4, 0.5) is 0 Å². The van der Waals surface area contributed by atoms with Crippen LogP contribution in [0.1, 0.15) is 0 Å². The molecule has 0 unspecified atom stereocenters. The van der Waals surface area contributed by atoms with Crippen LogP contribution < -0.4 is 0 Å². The molecule has 0 saturated heterocycles. The monoisotopic (exact) mass is 633 g/mol. The van der Waals surface area contributed by atoms with Gasteiger partial charge in [0.15, 0.2) is 0 Å². The van der Waals surface area contributed by atoms with E-state index in [0.29, 0.717) is 0 Å². The maximum absolute atomic E-state index is 6.68. The highest BCUT2D eigenvalue weighted by Gasteiger charge is 2.21. The van der Waals surface area contributed by atoms with Crippen LogP contribution in [0.5, 0.6) is 0 Å². The van der Waals surface area contributed by atoms with Crippen LogP contribution in [0, 0.1) is 0 Å². The average Bonchev–Trinajstić information content (AvgIpc) is 3.73. The van der Waals surface area contributed by atoms with Crippen LogP contribution in [-0.4, -0.2) is 4.57 Å². The first-order valence-electron chi connectivity index (χ1n) is 17.3. The van der Waals surface area contributed by atoms with Gasteiger partial charge in [0, 0.05) is 21.8 Å². The molecule has 0 aliphatic heterocycles. The molecule has 0 fully saturated rings. The molecule has 0 aliphatic carbocycles. The quantitative estimate of drug-likeness (QED) is 0.137. The lowest BCUT2D eigenvalue weighted by Gasteiger charge is -2.19. The van der Waals surface area contributed by atoms with E-state index in [1.54, 1.807) is 0 Å². The van der Waals surface area contributed by atoms with E-state index in [0.717, 1.165) is 44.0 Å². The molecular weight excluding hydrogens is 607 g/mol. The Hall–Kier alpha value is -6.64. The first kappa shape index (κ1) is 26.3. The van der Waals surface area contributed by atoms with E-state index in [4.69, 9.17) is 4.42 Å². The lowest BCUT2D eigenvalue weighted by molar-refractivity contribution is 0.673. The van der Waals surface area contributed by atoms with Crippen LogP contribution in [0.3, 0.4) is 0 Å². The summed E-state index contributed by atoms with van der Waals surface area (Å²) in [6.45, 7) is 0. The highest BCUT2D eigenvalue weighted by Crippen LogP contribution is 2.47. The minimum Gasteiger partial charge on any atom is -0.455 e. The minimum absolute atomic E-state index is 0.914. The van der Waals surface area contributed by atoms with E-state index in [9.17, 15) is 0 Å². The third kappa shape index (κ3) is 3.32. The Morgan fingerprint density at radius 3 is 1.56 bits per heavy atom. The van der Waals surface area contributed by atoms with Crippen molar-refractivity contribution >= 4 is 97.6 Å². The molecule has 0 amide bonds. The molecule has 12 rings (SSSR count). The zero-order chi connectivity index (χ0) is 32.5. The van der Waals surface area contributed by atoms with Crippen LogP contribution in [0.25, 0.3) is 114 Å². The predicted molar refractivity (Wildman–Crippen MR) is 212 cm³/mol. The fourth-order valence-electron chi connectivity index (χ4n) is 9.00. The fourth-order valence-corrected chi connectivity index (χ4v) is 9.00. The maximum Gasteiger partial charge on any atom is 0.145 e. The number of aromatic nitrogens is 1. The molecule has 230 valence electrons. The van der Waals surface area contributed by atoms with Crippen LogP contribution in [0.15, 0.2) is 168 Å². The van der Waals surface area contributed by atoms with E-state index in [1.165, 1.54) is 70.4 Å². The van der Waals surface area contributed by atoms with Crippen molar-refractivity contribution in [2.24, 2.45) is 0 Å². The molecular formula is C48H27NO. The summed E-state index contributed by atoms with van der Waals surface area (Å²) in [6, 6.07) is 60.0. The number of furan rings is 1. The standard InChI is InChI=1S/C48H27NO/c1-2-11-30(12-3-1)49-42-23-21-28(25-41(42)47-43(49)24-22-38-35-17-8-9-20-44(35)50-48(38)47)29-26-39-33-15-6-4-13-31(33)36-18-10-19-37-32-14-5-7-16-34(32)40(27-29)46(39)45(36)37/h1-27H. The second kappa shape index (κ2) is 9.49. The van der Waals surface area contributed by atoms with E-state index >= 15 is 0 Å². The lowest BCUT2D eigenvalue weighted by atomic mass is 9.84. The highest BCUT2D eigenvalue weighted by molar-refractivity contribution is 6.40. The second-order valence-electron chi connectivity index (χ2n) is 13.6. The first-order valence-corrected chi connectivity index (χ1v) is 17.3. The van der Waals surface area contributed by atoms with Gasteiger partial charge in [-0.1, -0.05) is 109 Å². The first-order chi connectivity index (χ1) is 24.8. The smallest absolute Gasteiger partial charge is 0.145 e. The number of nitrogens with zero attached hydrogens (tertiary/aromatic N) is 1. The van der Waals surface area contributed by atoms with Crippen molar-refractivity contribution in [3.05, 3.63) is 164 Å². The zero-order valence-corrected chi connectivity index (χ0v) is 26.9. The summed E-state index contributed by atoms with van der Waals surface area (Å²) < 4.78 is 9.06. The molecule has 0 saturated carbocycles. The topological polar surface area (TPSA) is 18.1 Å². The number of hydrogen-bond donors (Lipinski definition) is 0. The SMILES string of the molecule is c1ccc(-n2c3ccc(-c4cc5c6ccccc6c6cccc7c8ccccc8c(c4)c5c67)cc3c3c4oc5ccccc5c4ccc32)cc1. The highest BCUT2D eigenvalue weighted by atomic mass is 16.3. The molecule has 10 aromatic carbocycles. The van der Waals surface area contributed by atoms with Crippen molar-refractivity contribution in [3.63, 3.8) is 0 Å². The third-order valence-corrected chi connectivity index (χ3v) is 11.1. The van der Waals surface area contributed by atoms with Gasteiger partial charge in [-0.25, -0.2) is 0 Å². The van der Waals surface area contributed by atoms with E-state index in [2.05, 4.69) is 162 Å². The number of hydrogen-bond acceptors (Lipinski definition) is 1. The van der Waals surface area contributed by atoms with E-state index in [-0.39, 0.29) is 0 Å². The van der Waals surface area contributed by atoms with Crippen molar-refractivity contribution in [1.82, 2.24) is 4.57 Å². The van der Waals surface area contributed by atoms with Crippen LogP contribution in [-0.2, 0) is 0 Å². The molecule has 50 heavy (non-hydrogen) atoms. The Kier molecular flexibility index (Phi) is 5.00. The van der Waals surface area contributed by atoms with Gasteiger partial charge in [-0.2, -0.15) is 0 Å². The largest absolute Gasteiger partial charge is 0.455 e. The van der Waals surface area contributed by atoms with Gasteiger partial charge in [-0.05, 0) is 120 Å². The summed E-state index contributed by atoms with van der Waals surface area (Å²) in [7, 11) is 0. The van der Waals surface area contributed by atoms with Gasteiger partial charge in [0.05, 0.1) is 16.4 Å². The van der Waals surface area contributed by atoms with Gasteiger partial charge in [-0.15, -0.1) is 0 Å². The number of fused-ring (bicyclic) bond motifs is 13. The molecule has 0 radical (unpaired) electrons. The molecule has 0 N–H and O–H groups in total. The summed E-state index contributed by atoms with van der Waals surface area (Å²) in [5.74, 6) is 0. The maximum atomic E-state index is 6.68. The van der Waals surface area contributed by atoms with Crippen molar-refractivity contribution in [2.45, 2.75) is 0 Å². The van der Waals surface area contributed by atoms with E-state index < -0.39 is 0 Å². The van der Waals surface area contributed by atoms with Crippen LogP contribution >= 0.6 is 0 Å². The Morgan fingerprint density at radius 2 is 0.860 bits per heavy atom. The molecule has 0 spiro atoms. The van der Waals surface area contributed by atoms with E-state index in [1.807, 2.05) is 6.07 Å². The van der Waals surface area contributed by atoms with Gasteiger partial charge in [0.2, 0.25) is 0 Å². The van der Waals surface area contributed by atoms with Crippen molar-refractivity contribution in [2.75, 3.05) is 0 Å². The van der Waals surface area contributed by atoms with Crippen molar-refractivity contribution < 1.29 is 4.42 Å². The van der Waals surface area contributed by atoms with Crippen molar-refractivity contribution in [1.29, 1.82) is 0 Å². The summed E-state index contributed by atoms with van der Waals surface area (Å²) >= 11 is 0. The molecule has 0 atom stereocenters. The predicted octanol–water partition coefficient (Wildman–Crippen LogP) is 13.6. The molecule has 2 nitrogen and oxygen atoms in total. The van der Waals surface area contributed by atoms with Crippen LogP contribution in [0.2, 0.25) is 0 Å². The van der Waals surface area contributed by atoms with Gasteiger partial charge in [0.1, 0.15) is 11.2 Å². The molecule has 2 heteroatoms. The average molecular weight is 634 g/mol. The lowest BCUT2D eigenvalue weighted by Crippen LogP contribution is -1.93. The normalized spacial score (nSPS) is 12.4. The molecule has 0 aliphatic rings. The van der Waals surface area contributed by atoms with Gasteiger partial charge >= 0.3 is 0 Å². The van der Waals surface area contributed by atoms with Gasteiger partial charge in [-0.3, -0.25) is 0 Å². The number of para-hydroxylation sites is 2. The minimum atomic E-state index is 0.914. The Morgan fingerprint density at radius 1 is 0.320 bits per heavy atom.